The summed E-state index contributed by atoms with van der Waals surface area (Å²) >= 11 is 0. The number of para-hydroxylation sites is 1. The molecular weight excluding hydrogens is 274 g/mol. The van der Waals surface area contributed by atoms with E-state index in [0.29, 0.717) is 6.04 Å². The van der Waals surface area contributed by atoms with Crippen LogP contribution in [0, 0.1) is 5.92 Å². The van der Waals surface area contributed by atoms with E-state index in [0.717, 1.165) is 30.8 Å². The van der Waals surface area contributed by atoms with E-state index in [4.69, 9.17) is 0 Å². The van der Waals surface area contributed by atoms with Gasteiger partial charge in [-0.1, -0.05) is 18.2 Å². The predicted molar refractivity (Wildman–Crippen MR) is 87.3 cm³/mol. The molecule has 2 aromatic rings. The average molecular weight is 293 g/mol. The monoisotopic (exact) mass is 293 g/mol. The van der Waals surface area contributed by atoms with E-state index < -0.39 is 0 Å². The molecule has 4 nitrogen and oxygen atoms in total. The van der Waals surface area contributed by atoms with Gasteiger partial charge in [0.1, 0.15) is 5.82 Å². The molecule has 1 amide bonds. The number of hydrogen-bond donors (Lipinski definition) is 1. The van der Waals surface area contributed by atoms with E-state index in [1.165, 1.54) is 11.3 Å². The zero-order chi connectivity index (χ0) is 15.1. The van der Waals surface area contributed by atoms with Gasteiger partial charge < -0.3 is 10.2 Å². The van der Waals surface area contributed by atoms with Crippen LogP contribution in [0.25, 0.3) is 0 Å². The smallest absolute Gasteiger partial charge is 0.227 e. The first kappa shape index (κ1) is 13.3. The molecule has 22 heavy (non-hydrogen) atoms. The molecule has 1 aliphatic heterocycles. The summed E-state index contributed by atoms with van der Waals surface area (Å²) in [5.41, 5.74) is 3.38. The number of carbonyl (C=O) groups excluding carboxylic acids is 1. The molecule has 0 spiro atoms. The van der Waals surface area contributed by atoms with E-state index in [2.05, 4.69) is 46.4 Å². The zero-order valence-electron chi connectivity index (χ0n) is 12.6. The summed E-state index contributed by atoms with van der Waals surface area (Å²) in [6.45, 7) is 2.21. The van der Waals surface area contributed by atoms with Gasteiger partial charge in [0.15, 0.2) is 0 Å². The van der Waals surface area contributed by atoms with Crippen molar-refractivity contribution >= 4 is 23.1 Å². The van der Waals surface area contributed by atoms with Crippen LogP contribution in [0.15, 0.2) is 42.6 Å². The van der Waals surface area contributed by atoms with Crippen molar-refractivity contribution in [2.24, 2.45) is 5.92 Å². The van der Waals surface area contributed by atoms with Gasteiger partial charge in [-0.3, -0.25) is 4.79 Å². The van der Waals surface area contributed by atoms with Crippen molar-refractivity contribution in [1.82, 2.24) is 4.98 Å². The molecule has 0 saturated heterocycles. The molecule has 1 atom stereocenters. The zero-order valence-corrected chi connectivity index (χ0v) is 12.6. The van der Waals surface area contributed by atoms with Crippen molar-refractivity contribution < 1.29 is 4.79 Å². The molecular formula is C18H19N3O. The van der Waals surface area contributed by atoms with E-state index in [1.807, 2.05) is 12.1 Å². The number of rotatable bonds is 3. The standard InChI is InChI=1S/C18H19N3O/c1-12-10-14-4-2-3-5-16(14)21(12)17-9-8-15(11-19-17)20-18(22)13-6-7-13/h2-5,8-9,11-13H,6-7,10H2,1H3,(H,20,22). The summed E-state index contributed by atoms with van der Waals surface area (Å²) in [5, 5.41) is 2.93. The van der Waals surface area contributed by atoms with Crippen molar-refractivity contribution in [2.75, 3.05) is 10.2 Å². The van der Waals surface area contributed by atoms with Gasteiger partial charge in [-0.2, -0.15) is 0 Å². The van der Waals surface area contributed by atoms with E-state index in [-0.39, 0.29) is 11.8 Å². The number of nitrogens with one attached hydrogen (secondary N) is 1. The summed E-state index contributed by atoms with van der Waals surface area (Å²) in [6.07, 6.45) is 4.82. The van der Waals surface area contributed by atoms with Crippen LogP contribution >= 0.6 is 0 Å². The first-order valence-corrected chi connectivity index (χ1v) is 7.86. The van der Waals surface area contributed by atoms with Gasteiger partial charge in [0, 0.05) is 17.6 Å². The average Bonchev–Trinajstić information content (AvgIpc) is 3.31. The van der Waals surface area contributed by atoms with Crippen molar-refractivity contribution in [2.45, 2.75) is 32.2 Å². The second-order valence-electron chi connectivity index (χ2n) is 6.22. The normalized spacial score (nSPS) is 19.9. The molecule has 2 aliphatic rings. The molecule has 0 bridgehead atoms. The summed E-state index contributed by atoms with van der Waals surface area (Å²) in [7, 11) is 0. The second-order valence-corrected chi connectivity index (χ2v) is 6.22. The number of benzene rings is 1. The van der Waals surface area contributed by atoms with Gasteiger partial charge in [0.25, 0.3) is 0 Å². The minimum atomic E-state index is 0.120. The molecule has 1 aromatic carbocycles. The Hall–Kier alpha value is -2.36. The van der Waals surface area contributed by atoms with Crippen molar-refractivity contribution in [3.05, 3.63) is 48.2 Å². The first-order chi connectivity index (χ1) is 10.7. The van der Waals surface area contributed by atoms with Crippen molar-refractivity contribution in [3.8, 4) is 0 Å². The summed E-state index contributed by atoms with van der Waals surface area (Å²) in [5.74, 6) is 1.27. The Labute approximate surface area is 130 Å². The highest BCUT2D eigenvalue weighted by molar-refractivity contribution is 5.94. The minimum Gasteiger partial charge on any atom is -0.324 e. The fraction of sp³-hybridized carbons (Fsp3) is 0.333. The number of hydrogen-bond acceptors (Lipinski definition) is 3. The highest BCUT2D eigenvalue weighted by Crippen LogP contribution is 2.37. The maximum Gasteiger partial charge on any atom is 0.227 e. The van der Waals surface area contributed by atoms with E-state index in [1.54, 1.807) is 6.20 Å². The SMILES string of the molecule is CC1Cc2ccccc2N1c1ccc(NC(=O)C2CC2)cn1. The first-order valence-electron chi connectivity index (χ1n) is 7.86. The van der Waals surface area contributed by atoms with Crippen molar-refractivity contribution in [1.29, 1.82) is 0 Å². The molecule has 2 heterocycles. The van der Waals surface area contributed by atoms with Gasteiger partial charge in [0.2, 0.25) is 5.91 Å². The van der Waals surface area contributed by atoms with E-state index in [9.17, 15) is 4.79 Å². The molecule has 1 N–H and O–H groups in total. The van der Waals surface area contributed by atoms with Crippen LogP contribution in [0.3, 0.4) is 0 Å². The molecule has 1 saturated carbocycles. The lowest BCUT2D eigenvalue weighted by Crippen LogP contribution is -2.24. The number of fused-ring (bicyclic) bond motifs is 1. The maximum atomic E-state index is 11.8. The largest absolute Gasteiger partial charge is 0.324 e. The number of nitrogens with zero attached hydrogens (tertiary/aromatic N) is 2. The maximum absolute atomic E-state index is 11.8. The molecule has 1 fully saturated rings. The van der Waals surface area contributed by atoms with Crippen LogP contribution in [0.2, 0.25) is 0 Å². The Balaban J connectivity index is 1.56. The lowest BCUT2D eigenvalue weighted by Gasteiger charge is -2.24. The number of aromatic nitrogens is 1. The molecule has 4 rings (SSSR count). The summed E-state index contributed by atoms with van der Waals surface area (Å²) in [6, 6.07) is 12.8. The van der Waals surface area contributed by atoms with Crippen molar-refractivity contribution in [3.63, 3.8) is 0 Å². The van der Waals surface area contributed by atoms with Gasteiger partial charge in [-0.25, -0.2) is 4.98 Å². The molecule has 112 valence electrons. The quantitative estimate of drug-likeness (QED) is 0.942. The van der Waals surface area contributed by atoms with Crippen LogP contribution in [-0.4, -0.2) is 16.9 Å². The number of amides is 1. The van der Waals surface area contributed by atoms with Crippen LogP contribution in [0.4, 0.5) is 17.2 Å². The van der Waals surface area contributed by atoms with Gasteiger partial charge >= 0.3 is 0 Å². The summed E-state index contributed by atoms with van der Waals surface area (Å²) < 4.78 is 0. The number of carbonyl (C=O) groups is 1. The van der Waals surface area contributed by atoms with Gasteiger partial charge in [-0.15, -0.1) is 0 Å². The highest BCUT2D eigenvalue weighted by Gasteiger charge is 2.30. The fourth-order valence-corrected chi connectivity index (χ4v) is 3.11. The fourth-order valence-electron chi connectivity index (χ4n) is 3.11. The molecule has 4 heteroatoms. The number of pyridine rings is 1. The van der Waals surface area contributed by atoms with Crippen LogP contribution in [0.1, 0.15) is 25.3 Å². The third kappa shape index (κ3) is 2.34. The predicted octanol–water partition coefficient (Wildman–Crippen LogP) is 3.51. The third-order valence-corrected chi connectivity index (χ3v) is 4.42. The minimum absolute atomic E-state index is 0.120. The summed E-state index contributed by atoms with van der Waals surface area (Å²) in [4.78, 5) is 18.6. The molecule has 0 radical (unpaired) electrons. The molecule has 1 unspecified atom stereocenters. The van der Waals surface area contributed by atoms with Crippen LogP contribution in [0.5, 0.6) is 0 Å². The van der Waals surface area contributed by atoms with Crippen LogP contribution in [-0.2, 0) is 11.2 Å². The highest BCUT2D eigenvalue weighted by atomic mass is 16.2. The Morgan fingerprint density at radius 1 is 1.23 bits per heavy atom. The Morgan fingerprint density at radius 3 is 2.77 bits per heavy atom. The lowest BCUT2D eigenvalue weighted by atomic mass is 10.1. The Morgan fingerprint density at radius 2 is 2.05 bits per heavy atom. The third-order valence-electron chi connectivity index (χ3n) is 4.42. The topological polar surface area (TPSA) is 45.2 Å². The molecule has 1 aromatic heterocycles. The van der Waals surface area contributed by atoms with Crippen LogP contribution < -0.4 is 10.2 Å². The lowest BCUT2D eigenvalue weighted by molar-refractivity contribution is -0.117. The van der Waals surface area contributed by atoms with Gasteiger partial charge in [0.05, 0.1) is 11.9 Å². The Kier molecular flexibility index (Phi) is 3.10. The number of anilines is 3. The van der Waals surface area contributed by atoms with E-state index >= 15 is 0 Å². The molecule has 1 aliphatic carbocycles. The second kappa shape index (κ2) is 5.13. The Bertz CT molecular complexity index is 707. The van der Waals surface area contributed by atoms with Gasteiger partial charge in [-0.05, 0) is 49.9 Å².